The lowest BCUT2D eigenvalue weighted by atomic mass is 10.0. The van der Waals surface area contributed by atoms with E-state index in [1.807, 2.05) is 6.92 Å². The van der Waals surface area contributed by atoms with E-state index < -0.39 is 18.0 Å². The Morgan fingerprint density at radius 2 is 1.29 bits per heavy atom. The molecular formula is C32H59N3O7. The van der Waals surface area contributed by atoms with E-state index in [0.717, 1.165) is 44.7 Å². The number of carboxylic acids is 2. The van der Waals surface area contributed by atoms with Gasteiger partial charge in [-0.05, 0) is 31.8 Å². The summed E-state index contributed by atoms with van der Waals surface area (Å²) in [7, 11) is 0. The average molecular weight is 598 g/mol. The number of aliphatic carboxylic acids is 2. The molecule has 0 saturated heterocycles. The zero-order valence-corrected chi connectivity index (χ0v) is 26.1. The first kappa shape index (κ1) is 39.7. The smallest absolute Gasteiger partial charge is 0.320 e. The second kappa shape index (κ2) is 28.8. The van der Waals surface area contributed by atoms with Gasteiger partial charge in [0.15, 0.2) is 0 Å². The molecule has 0 aliphatic rings. The fourth-order valence-corrected chi connectivity index (χ4v) is 4.64. The van der Waals surface area contributed by atoms with E-state index in [1.165, 1.54) is 57.8 Å². The van der Waals surface area contributed by atoms with Gasteiger partial charge in [-0.15, -0.1) is 0 Å². The molecule has 10 nitrogen and oxygen atoms in total. The van der Waals surface area contributed by atoms with Crippen LogP contribution < -0.4 is 10.6 Å². The van der Waals surface area contributed by atoms with Crippen LogP contribution in [-0.2, 0) is 23.9 Å². The van der Waals surface area contributed by atoms with E-state index in [0.29, 0.717) is 45.0 Å². The molecule has 0 aromatic heterocycles. The van der Waals surface area contributed by atoms with E-state index in [-0.39, 0.29) is 24.8 Å². The first-order chi connectivity index (χ1) is 20.3. The summed E-state index contributed by atoms with van der Waals surface area (Å²) in [6.45, 7) is 7.40. The van der Waals surface area contributed by atoms with E-state index in [4.69, 9.17) is 20.0 Å². The zero-order chi connectivity index (χ0) is 31.3. The van der Waals surface area contributed by atoms with Gasteiger partial charge < -0.3 is 35.7 Å². The number of carbonyl (C=O) groups excluding carboxylic acids is 1. The van der Waals surface area contributed by atoms with Crippen LogP contribution in [0.15, 0.2) is 12.2 Å². The van der Waals surface area contributed by atoms with Crippen LogP contribution in [0.5, 0.6) is 0 Å². The molecule has 0 bridgehead atoms. The Morgan fingerprint density at radius 1 is 0.762 bits per heavy atom. The van der Waals surface area contributed by atoms with Crippen LogP contribution in [0.4, 0.5) is 0 Å². The number of unbranched alkanes of at least 4 members (excludes halogenated alkanes) is 13. The number of carbonyl (C=O) groups is 3. The fraction of sp³-hybridized carbons (Fsp3) is 0.812. The Balaban J connectivity index is 3.66. The lowest BCUT2D eigenvalue weighted by Crippen LogP contribution is -2.43. The van der Waals surface area contributed by atoms with Crippen LogP contribution in [0, 0.1) is 5.41 Å². The average Bonchev–Trinajstić information content (AvgIpc) is 2.95. The van der Waals surface area contributed by atoms with Gasteiger partial charge in [-0.3, -0.25) is 14.4 Å². The monoisotopic (exact) mass is 597 g/mol. The summed E-state index contributed by atoms with van der Waals surface area (Å²) in [6, 6.07) is -0.662. The maximum Gasteiger partial charge on any atom is 0.320 e. The quantitative estimate of drug-likeness (QED) is 0.0475. The predicted molar refractivity (Wildman–Crippen MR) is 167 cm³/mol. The van der Waals surface area contributed by atoms with E-state index in [1.54, 1.807) is 0 Å². The van der Waals surface area contributed by atoms with Crippen molar-refractivity contribution < 1.29 is 34.1 Å². The maximum atomic E-state index is 12.1. The Kier molecular flexibility index (Phi) is 27.2. The Hall–Kier alpha value is -2.30. The molecule has 1 amide bonds. The van der Waals surface area contributed by atoms with Crippen molar-refractivity contribution in [3.63, 3.8) is 0 Å². The summed E-state index contributed by atoms with van der Waals surface area (Å²) in [4.78, 5) is 34.2. The van der Waals surface area contributed by atoms with Crippen LogP contribution in [0.25, 0.3) is 0 Å². The fourth-order valence-electron chi connectivity index (χ4n) is 4.64. The highest BCUT2D eigenvalue weighted by molar-refractivity contribution is 5.78. The summed E-state index contributed by atoms with van der Waals surface area (Å²) in [5, 5.41) is 31.1. The molecule has 0 fully saturated rings. The van der Waals surface area contributed by atoms with Crippen molar-refractivity contribution in [3.05, 3.63) is 12.2 Å². The lowest BCUT2D eigenvalue weighted by Gasteiger charge is -2.20. The molecule has 42 heavy (non-hydrogen) atoms. The molecule has 0 rings (SSSR count). The topological polar surface area (TPSA) is 158 Å². The van der Waals surface area contributed by atoms with Crippen molar-refractivity contribution in [1.82, 2.24) is 10.6 Å². The summed E-state index contributed by atoms with van der Waals surface area (Å²) < 4.78 is 10.7. The highest BCUT2D eigenvalue weighted by Gasteiger charge is 2.20. The second-order valence-electron chi connectivity index (χ2n) is 11.2. The summed E-state index contributed by atoms with van der Waals surface area (Å²) in [5.41, 5.74) is 0.589. The molecule has 244 valence electrons. The first-order valence-corrected chi connectivity index (χ1v) is 16.1. The van der Waals surface area contributed by atoms with Gasteiger partial charge in [-0.25, -0.2) is 0 Å². The molecule has 0 spiro atoms. The molecular weight excluding hydrogens is 538 g/mol. The van der Waals surface area contributed by atoms with Gasteiger partial charge in [0, 0.05) is 31.6 Å². The Morgan fingerprint density at radius 3 is 1.81 bits per heavy atom. The number of carboxylic acid groups (broad SMARTS) is 2. The zero-order valence-electron chi connectivity index (χ0n) is 26.1. The van der Waals surface area contributed by atoms with Crippen LogP contribution >= 0.6 is 0 Å². The second-order valence-corrected chi connectivity index (χ2v) is 11.2. The number of amides is 1. The molecule has 0 radical (unpaired) electrons. The number of ether oxygens (including phenoxy) is 2. The van der Waals surface area contributed by atoms with E-state index in [2.05, 4.69) is 17.2 Å². The number of rotatable bonds is 32. The standard InChI is InChI=1S/C32H59N3O7/c1-27(25-33)26-42-24-23-41-22-21-34-30(36)20-19-29(32(39)40)35-28(2)17-15-13-11-9-7-5-3-4-6-8-10-12-14-16-18-31(37)38/h25,28-29,33,35H,1,3-24,26H2,2H3,(H,34,36)(H,37,38)(H,39,40)/t28?,29-/m0/s1. The van der Waals surface area contributed by atoms with Crippen molar-refractivity contribution in [3.8, 4) is 0 Å². The molecule has 5 N–H and O–H groups in total. The molecule has 2 atom stereocenters. The van der Waals surface area contributed by atoms with Gasteiger partial charge in [-0.1, -0.05) is 90.0 Å². The molecule has 10 heteroatoms. The molecule has 1 unspecified atom stereocenters. The normalized spacial score (nSPS) is 12.5. The van der Waals surface area contributed by atoms with Gasteiger partial charge >= 0.3 is 11.9 Å². The van der Waals surface area contributed by atoms with Crippen molar-refractivity contribution in [1.29, 1.82) is 5.41 Å². The SMILES string of the molecule is C=C(C=N)COCCOCCNC(=O)CC[C@H](NC(C)CCCCCCCCCCCCCCCCC(=O)O)C(=O)O. The minimum atomic E-state index is -0.931. The van der Waals surface area contributed by atoms with Crippen molar-refractivity contribution in [2.45, 2.75) is 135 Å². The molecule has 0 heterocycles. The number of hydrogen-bond acceptors (Lipinski definition) is 7. The Bertz CT molecular complexity index is 733. The maximum absolute atomic E-state index is 12.1. The third kappa shape index (κ3) is 27.8. The molecule has 0 aliphatic heterocycles. The van der Waals surface area contributed by atoms with Gasteiger partial charge in [0.2, 0.25) is 5.91 Å². The number of nitrogens with one attached hydrogen (secondary N) is 3. The first-order valence-electron chi connectivity index (χ1n) is 16.1. The van der Waals surface area contributed by atoms with Crippen molar-refractivity contribution in [2.24, 2.45) is 0 Å². The third-order valence-electron chi connectivity index (χ3n) is 7.15. The van der Waals surface area contributed by atoms with Crippen molar-refractivity contribution in [2.75, 3.05) is 33.0 Å². The van der Waals surface area contributed by atoms with Gasteiger partial charge in [0.1, 0.15) is 6.04 Å². The minimum Gasteiger partial charge on any atom is -0.481 e. The van der Waals surface area contributed by atoms with Crippen LogP contribution in [0.2, 0.25) is 0 Å². The largest absolute Gasteiger partial charge is 0.481 e. The van der Waals surface area contributed by atoms with E-state index in [9.17, 15) is 19.5 Å². The van der Waals surface area contributed by atoms with E-state index >= 15 is 0 Å². The molecule has 0 aliphatic carbocycles. The predicted octanol–water partition coefficient (Wildman–Crippen LogP) is 5.88. The third-order valence-corrected chi connectivity index (χ3v) is 7.15. The highest BCUT2D eigenvalue weighted by Crippen LogP contribution is 2.14. The van der Waals surface area contributed by atoms with Gasteiger partial charge in [0.05, 0.1) is 26.4 Å². The minimum absolute atomic E-state index is 0.0816. The number of hydrogen-bond donors (Lipinski definition) is 5. The van der Waals surface area contributed by atoms with Crippen LogP contribution in [0.3, 0.4) is 0 Å². The van der Waals surface area contributed by atoms with Gasteiger partial charge in [0.25, 0.3) is 0 Å². The summed E-state index contributed by atoms with van der Waals surface area (Å²) in [6.07, 6.45) is 19.3. The summed E-state index contributed by atoms with van der Waals surface area (Å²) >= 11 is 0. The molecule has 0 aromatic carbocycles. The van der Waals surface area contributed by atoms with Crippen molar-refractivity contribution >= 4 is 24.1 Å². The molecule has 0 saturated carbocycles. The van der Waals surface area contributed by atoms with Crippen LogP contribution in [0.1, 0.15) is 122 Å². The van der Waals surface area contributed by atoms with Crippen LogP contribution in [-0.4, -0.2) is 79.3 Å². The summed E-state index contributed by atoms with van der Waals surface area (Å²) in [5.74, 6) is -1.81. The van der Waals surface area contributed by atoms with Gasteiger partial charge in [-0.2, -0.15) is 0 Å². The lowest BCUT2D eigenvalue weighted by molar-refractivity contribution is -0.140. The molecule has 0 aromatic rings. The Labute approximate surface area is 253 Å². The highest BCUT2D eigenvalue weighted by atomic mass is 16.5.